The molecule has 0 aliphatic heterocycles. The molecule has 2 aromatic rings. The number of nitrogens with two attached hydrogens (primary N) is 1. The molecule has 0 radical (unpaired) electrons. The first-order valence-electron chi connectivity index (χ1n) is 5.65. The minimum absolute atomic E-state index is 0.576. The van der Waals surface area contributed by atoms with Crippen molar-refractivity contribution in [2.75, 3.05) is 5.73 Å². The van der Waals surface area contributed by atoms with Crippen LogP contribution in [-0.2, 0) is 12.8 Å². The van der Waals surface area contributed by atoms with E-state index in [9.17, 15) is 0 Å². The summed E-state index contributed by atoms with van der Waals surface area (Å²) < 4.78 is 1.82. The number of nitrogens with zero attached hydrogens (tertiary/aromatic N) is 3. The molecule has 0 aliphatic rings. The van der Waals surface area contributed by atoms with E-state index in [4.69, 9.17) is 17.3 Å². The summed E-state index contributed by atoms with van der Waals surface area (Å²) in [5.41, 5.74) is 9.57. The number of nitrogen functional groups attached to an aromatic ring is 1. The van der Waals surface area contributed by atoms with Crippen LogP contribution in [0.2, 0.25) is 5.02 Å². The highest BCUT2D eigenvalue weighted by molar-refractivity contribution is 6.32. The van der Waals surface area contributed by atoms with Gasteiger partial charge < -0.3 is 5.73 Å². The molecule has 0 atom stereocenters. The Kier molecular flexibility index (Phi) is 3.33. The van der Waals surface area contributed by atoms with Gasteiger partial charge in [-0.3, -0.25) is 4.98 Å². The first kappa shape index (κ1) is 11.9. The third-order valence-electron chi connectivity index (χ3n) is 2.75. The molecule has 0 saturated heterocycles. The number of aryl methyl sites for hydroxylation is 1. The molecule has 0 bridgehead atoms. The Balaban J connectivity index is 2.63. The number of halogens is 1. The van der Waals surface area contributed by atoms with Gasteiger partial charge in [0.1, 0.15) is 0 Å². The zero-order valence-corrected chi connectivity index (χ0v) is 10.7. The number of hydrogen-bond donors (Lipinski definition) is 1. The van der Waals surface area contributed by atoms with Crippen molar-refractivity contribution in [1.82, 2.24) is 14.8 Å². The van der Waals surface area contributed by atoms with Crippen LogP contribution in [0.1, 0.15) is 25.2 Å². The second kappa shape index (κ2) is 4.75. The smallest absolute Gasteiger partial charge is 0.0867 e. The number of rotatable bonds is 3. The number of pyridine rings is 1. The fraction of sp³-hybridized carbons (Fsp3) is 0.333. The lowest BCUT2D eigenvalue weighted by Gasteiger charge is -2.07. The lowest BCUT2D eigenvalue weighted by molar-refractivity contribution is 0.793. The molecule has 2 N–H and O–H groups in total. The van der Waals surface area contributed by atoms with Crippen molar-refractivity contribution in [1.29, 1.82) is 0 Å². The van der Waals surface area contributed by atoms with Gasteiger partial charge in [0, 0.05) is 12.4 Å². The van der Waals surface area contributed by atoms with E-state index in [1.807, 2.05) is 17.7 Å². The monoisotopic (exact) mass is 250 g/mol. The molecular weight excluding hydrogens is 236 g/mol. The van der Waals surface area contributed by atoms with Crippen LogP contribution in [-0.4, -0.2) is 14.8 Å². The van der Waals surface area contributed by atoms with Crippen LogP contribution in [0.25, 0.3) is 5.69 Å². The van der Waals surface area contributed by atoms with Gasteiger partial charge in [-0.25, -0.2) is 4.68 Å². The summed E-state index contributed by atoms with van der Waals surface area (Å²) in [6.07, 6.45) is 4.94. The van der Waals surface area contributed by atoms with Gasteiger partial charge in [-0.1, -0.05) is 25.4 Å². The SMILES string of the molecule is CCc1nn(-c2ccncc2Cl)c(CC)c1N. The lowest BCUT2D eigenvalue weighted by Crippen LogP contribution is -2.03. The molecule has 0 fully saturated rings. The standard InChI is InChI=1S/C12H15ClN4/c1-3-9-12(14)10(4-2)17(16-9)11-5-6-15-7-8(11)13/h5-7H,3-4,14H2,1-2H3. The Morgan fingerprint density at radius 2 is 2.12 bits per heavy atom. The maximum Gasteiger partial charge on any atom is 0.0867 e. The van der Waals surface area contributed by atoms with Gasteiger partial charge in [-0.05, 0) is 18.9 Å². The Morgan fingerprint density at radius 1 is 1.35 bits per heavy atom. The normalized spacial score (nSPS) is 10.8. The Labute approximate surface area is 105 Å². The van der Waals surface area contributed by atoms with Gasteiger partial charge in [0.15, 0.2) is 0 Å². The van der Waals surface area contributed by atoms with Gasteiger partial charge in [0.05, 0.1) is 27.8 Å². The highest BCUT2D eigenvalue weighted by Crippen LogP contribution is 2.25. The molecule has 90 valence electrons. The van der Waals surface area contributed by atoms with Crippen molar-refractivity contribution >= 4 is 17.3 Å². The van der Waals surface area contributed by atoms with Gasteiger partial charge in [-0.2, -0.15) is 5.10 Å². The van der Waals surface area contributed by atoms with E-state index in [-0.39, 0.29) is 0 Å². The second-order valence-electron chi connectivity index (χ2n) is 3.75. The van der Waals surface area contributed by atoms with Gasteiger partial charge in [0.25, 0.3) is 0 Å². The first-order chi connectivity index (χ1) is 8.19. The van der Waals surface area contributed by atoms with E-state index in [2.05, 4.69) is 17.0 Å². The van der Waals surface area contributed by atoms with E-state index >= 15 is 0 Å². The molecule has 5 heteroatoms. The van der Waals surface area contributed by atoms with Crippen LogP contribution in [0.5, 0.6) is 0 Å². The average Bonchev–Trinajstić information content (AvgIpc) is 2.66. The molecule has 2 heterocycles. The van der Waals surface area contributed by atoms with Crippen molar-refractivity contribution in [2.24, 2.45) is 0 Å². The largest absolute Gasteiger partial charge is 0.396 e. The number of anilines is 1. The molecule has 17 heavy (non-hydrogen) atoms. The third kappa shape index (κ3) is 2.00. The molecule has 0 unspecified atom stereocenters. The summed E-state index contributed by atoms with van der Waals surface area (Å²) in [4.78, 5) is 3.97. The van der Waals surface area contributed by atoms with Gasteiger partial charge >= 0.3 is 0 Å². The van der Waals surface area contributed by atoms with Crippen molar-refractivity contribution in [3.63, 3.8) is 0 Å². The summed E-state index contributed by atoms with van der Waals surface area (Å²) in [6.45, 7) is 4.09. The van der Waals surface area contributed by atoms with Gasteiger partial charge in [-0.15, -0.1) is 0 Å². The molecule has 0 aliphatic carbocycles. The van der Waals surface area contributed by atoms with Crippen LogP contribution >= 0.6 is 11.6 Å². The summed E-state index contributed by atoms with van der Waals surface area (Å²) in [5, 5.41) is 5.09. The maximum absolute atomic E-state index is 6.13. The third-order valence-corrected chi connectivity index (χ3v) is 3.04. The first-order valence-corrected chi connectivity index (χ1v) is 6.02. The quantitative estimate of drug-likeness (QED) is 0.911. The van der Waals surface area contributed by atoms with E-state index in [1.165, 1.54) is 0 Å². The van der Waals surface area contributed by atoms with Crippen LogP contribution in [0, 0.1) is 0 Å². The Hall–Kier alpha value is -1.55. The predicted molar refractivity (Wildman–Crippen MR) is 69.5 cm³/mol. The zero-order chi connectivity index (χ0) is 12.4. The van der Waals surface area contributed by atoms with E-state index in [0.717, 1.165) is 35.6 Å². The maximum atomic E-state index is 6.13. The molecular formula is C12H15ClN4. The molecule has 0 saturated carbocycles. The molecule has 0 amide bonds. The highest BCUT2D eigenvalue weighted by atomic mass is 35.5. The summed E-state index contributed by atoms with van der Waals surface area (Å²) >= 11 is 6.13. The lowest BCUT2D eigenvalue weighted by atomic mass is 10.2. The van der Waals surface area contributed by atoms with Crippen LogP contribution in [0.3, 0.4) is 0 Å². The Morgan fingerprint density at radius 3 is 2.71 bits per heavy atom. The predicted octanol–water partition coefficient (Wildman–Crippen LogP) is 2.63. The molecule has 2 rings (SSSR count). The minimum Gasteiger partial charge on any atom is -0.396 e. The number of hydrogen-bond acceptors (Lipinski definition) is 3. The van der Waals surface area contributed by atoms with Crippen molar-refractivity contribution in [3.8, 4) is 5.69 Å². The van der Waals surface area contributed by atoms with Crippen molar-refractivity contribution in [2.45, 2.75) is 26.7 Å². The van der Waals surface area contributed by atoms with E-state index in [0.29, 0.717) is 5.02 Å². The van der Waals surface area contributed by atoms with Crippen LogP contribution in [0.4, 0.5) is 5.69 Å². The molecule has 0 spiro atoms. The topological polar surface area (TPSA) is 56.7 Å². The fourth-order valence-corrected chi connectivity index (χ4v) is 2.06. The Bertz CT molecular complexity index is 533. The van der Waals surface area contributed by atoms with Crippen molar-refractivity contribution in [3.05, 3.63) is 34.9 Å². The van der Waals surface area contributed by atoms with E-state index in [1.54, 1.807) is 12.4 Å². The van der Waals surface area contributed by atoms with Crippen molar-refractivity contribution < 1.29 is 0 Å². The number of aromatic nitrogens is 3. The highest BCUT2D eigenvalue weighted by Gasteiger charge is 2.15. The molecule has 2 aromatic heterocycles. The molecule has 0 aromatic carbocycles. The zero-order valence-electron chi connectivity index (χ0n) is 9.94. The van der Waals surface area contributed by atoms with Crippen LogP contribution in [0.15, 0.2) is 18.5 Å². The minimum atomic E-state index is 0.576. The molecule has 4 nitrogen and oxygen atoms in total. The summed E-state index contributed by atoms with van der Waals surface area (Å²) in [7, 11) is 0. The van der Waals surface area contributed by atoms with Crippen LogP contribution < -0.4 is 5.73 Å². The average molecular weight is 251 g/mol. The summed E-state index contributed by atoms with van der Waals surface area (Å²) in [5.74, 6) is 0. The summed E-state index contributed by atoms with van der Waals surface area (Å²) in [6, 6.07) is 1.84. The van der Waals surface area contributed by atoms with Gasteiger partial charge in [0.2, 0.25) is 0 Å². The second-order valence-corrected chi connectivity index (χ2v) is 4.16. The fourth-order valence-electron chi connectivity index (χ4n) is 1.86. The van der Waals surface area contributed by atoms with E-state index < -0.39 is 0 Å².